The molecule has 0 saturated heterocycles. The van der Waals surface area contributed by atoms with Gasteiger partial charge in [0.25, 0.3) is 5.56 Å². The molecule has 0 radical (unpaired) electrons. The highest BCUT2D eigenvalue weighted by Crippen LogP contribution is 2.30. The van der Waals surface area contributed by atoms with E-state index in [1.807, 2.05) is 4.98 Å². The number of halogens is 3. The van der Waals surface area contributed by atoms with Crippen LogP contribution in [0.25, 0.3) is 5.69 Å². The van der Waals surface area contributed by atoms with Crippen LogP contribution < -0.4 is 11.2 Å². The largest absolute Gasteiger partial charge is 0.333 e. The molecule has 1 aromatic heterocycles. The number of aromatic amines is 1. The van der Waals surface area contributed by atoms with Crippen molar-refractivity contribution in [3.63, 3.8) is 0 Å². The van der Waals surface area contributed by atoms with E-state index in [1.165, 1.54) is 12.1 Å². The van der Waals surface area contributed by atoms with Gasteiger partial charge in [0.15, 0.2) is 0 Å². The van der Waals surface area contributed by atoms with Gasteiger partial charge in [0.2, 0.25) is 0 Å². The molecule has 8 heteroatoms. The third kappa shape index (κ3) is 2.51. The highest BCUT2D eigenvalue weighted by atomic mass is 35.5. The second-order valence-electron chi connectivity index (χ2n) is 3.50. The molecule has 1 N–H and O–H groups in total. The summed E-state index contributed by atoms with van der Waals surface area (Å²) in [6.45, 7) is 0. The van der Waals surface area contributed by atoms with Gasteiger partial charge in [-0.05, 0) is 12.1 Å². The van der Waals surface area contributed by atoms with Gasteiger partial charge in [-0.3, -0.25) is 14.3 Å². The topological polar surface area (TPSA) is 78.7 Å². The van der Waals surface area contributed by atoms with Crippen molar-refractivity contribution in [2.24, 2.45) is 0 Å². The van der Waals surface area contributed by atoms with Gasteiger partial charge in [-0.2, -0.15) is 5.26 Å². The zero-order valence-electron chi connectivity index (χ0n) is 9.08. The van der Waals surface area contributed by atoms with Crippen LogP contribution in [0.2, 0.25) is 15.1 Å². The normalized spacial score (nSPS) is 10.2. The summed E-state index contributed by atoms with van der Waals surface area (Å²) in [5.41, 5.74) is -1.50. The minimum absolute atomic E-state index is 0.160. The van der Waals surface area contributed by atoms with Gasteiger partial charge in [-0.25, -0.2) is 4.79 Å². The van der Waals surface area contributed by atoms with Crippen molar-refractivity contribution in [2.75, 3.05) is 0 Å². The predicted molar refractivity (Wildman–Crippen MR) is 72.4 cm³/mol. The van der Waals surface area contributed by atoms with Gasteiger partial charge in [-0.15, -0.1) is 0 Å². The summed E-state index contributed by atoms with van der Waals surface area (Å²) < 4.78 is 1.02. The molecule has 0 fully saturated rings. The summed E-state index contributed by atoms with van der Waals surface area (Å²) in [5, 5.41) is 9.37. The van der Waals surface area contributed by atoms with Crippen molar-refractivity contribution in [1.29, 1.82) is 5.26 Å². The van der Waals surface area contributed by atoms with Crippen LogP contribution >= 0.6 is 34.8 Å². The molecule has 0 amide bonds. The number of hydrogen-bond acceptors (Lipinski definition) is 3. The highest BCUT2D eigenvalue weighted by molar-refractivity contribution is 6.43. The van der Waals surface area contributed by atoms with Gasteiger partial charge in [-0.1, -0.05) is 34.8 Å². The summed E-state index contributed by atoms with van der Waals surface area (Å²) in [5.74, 6) is 0. The number of aromatic nitrogens is 2. The molecule has 1 aromatic carbocycles. The molecule has 0 bridgehead atoms. The van der Waals surface area contributed by atoms with E-state index < -0.39 is 11.2 Å². The molecule has 2 aromatic rings. The van der Waals surface area contributed by atoms with Crippen LogP contribution in [-0.2, 0) is 0 Å². The lowest BCUT2D eigenvalue weighted by Gasteiger charge is -2.09. The van der Waals surface area contributed by atoms with E-state index in [0.717, 1.165) is 10.8 Å². The first kappa shape index (κ1) is 13.7. The van der Waals surface area contributed by atoms with Crippen molar-refractivity contribution in [3.05, 3.63) is 59.8 Å². The number of nitriles is 1. The molecule has 0 atom stereocenters. The van der Waals surface area contributed by atoms with Crippen LogP contribution in [0.4, 0.5) is 0 Å². The van der Waals surface area contributed by atoms with Crippen LogP contribution in [0, 0.1) is 11.3 Å². The molecule has 5 nitrogen and oxygen atoms in total. The van der Waals surface area contributed by atoms with Crippen molar-refractivity contribution < 1.29 is 0 Å². The second-order valence-corrected chi connectivity index (χ2v) is 4.72. The van der Waals surface area contributed by atoms with Crippen molar-refractivity contribution >= 4 is 34.8 Å². The Hall–Kier alpha value is -1.74. The fourth-order valence-electron chi connectivity index (χ4n) is 1.43. The van der Waals surface area contributed by atoms with E-state index in [4.69, 9.17) is 40.1 Å². The van der Waals surface area contributed by atoms with Crippen LogP contribution in [0.15, 0.2) is 27.9 Å². The maximum absolute atomic E-state index is 11.7. The Labute approximate surface area is 121 Å². The Morgan fingerprint density at radius 2 is 1.74 bits per heavy atom. The number of hydrogen-bond donors (Lipinski definition) is 1. The summed E-state index contributed by atoms with van der Waals surface area (Å²) in [6, 6.07) is 4.41. The van der Waals surface area contributed by atoms with Gasteiger partial charge in [0.1, 0.15) is 11.6 Å². The van der Waals surface area contributed by atoms with Gasteiger partial charge < -0.3 is 0 Å². The SMILES string of the molecule is N#Cc1cn(-c2cc(Cl)c(Cl)cc2Cl)c(=O)[nH]c1=O. The van der Waals surface area contributed by atoms with Crippen molar-refractivity contribution in [1.82, 2.24) is 9.55 Å². The first-order valence-corrected chi connectivity index (χ1v) is 5.98. The summed E-state index contributed by atoms with van der Waals surface area (Å²) in [7, 11) is 0. The lowest BCUT2D eigenvalue weighted by atomic mass is 10.3. The highest BCUT2D eigenvalue weighted by Gasteiger charge is 2.11. The zero-order chi connectivity index (χ0) is 14.2. The molecule has 0 aliphatic rings. The third-order valence-corrected chi connectivity index (χ3v) is 3.34. The minimum Gasteiger partial charge on any atom is -0.273 e. The summed E-state index contributed by atoms with van der Waals surface area (Å²) in [4.78, 5) is 25.0. The minimum atomic E-state index is -0.764. The third-order valence-electron chi connectivity index (χ3n) is 2.31. The zero-order valence-corrected chi connectivity index (χ0v) is 11.3. The Morgan fingerprint density at radius 1 is 1.11 bits per heavy atom. The lowest BCUT2D eigenvalue weighted by Crippen LogP contribution is -2.30. The number of nitrogens with one attached hydrogen (secondary N) is 1. The Morgan fingerprint density at radius 3 is 2.37 bits per heavy atom. The van der Waals surface area contributed by atoms with Crippen LogP contribution in [0.1, 0.15) is 5.56 Å². The molecular weight excluding hydrogens is 312 g/mol. The number of benzene rings is 1. The number of H-pyrrole nitrogens is 1. The Balaban J connectivity index is 2.80. The predicted octanol–water partition coefficient (Wildman–Crippen LogP) is 2.36. The fourth-order valence-corrected chi connectivity index (χ4v) is 2.06. The van der Waals surface area contributed by atoms with Gasteiger partial charge in [0.05, 0.1) is 20.8 Å². The monoisotopic (exact) mass is 315 g/mol. The van der Waals surface area contributed by atoms with Crippen LogP contribution in [0.3, 0.4) is 0 Å². The van der Waals surface area contributed by atoms with Gasteiger partial charge in [0, 0.05) is 6.20 Å². The number of nitrogens with zero attached hydrogens (tertiary/aromatic N) is 2. The molecule has 0 aliphatic carbocycles. The average molecular weight is 317 g/mol. The second kappa shape index (κ2) is 5.10. The maximum Gasteiger partial charge on any atom is 0.333 e. The smallest absolute Gasteiger partial charge is 0.273 e. The van der Waals surface area contributed by atoms with Crippen molar-refractivity contribution in [3.8, 4) is 11.8 Å². The number of rotatable bonds is 1. The summed E-state index contributed by atoms with van der Waals surface area (Å²) >= 11 is 17.6. The van der Waals surface area contributed by atoms with E-state index >= 15 is 0 Å². The molecule has 2 rings (SSSR count). The molecule has 19 heavy (non-hydrogen) atoms. The standard InChI is InChI=1S/C11H4Cl3N3O2/c12-6-1-8(14)9(2-7(6)13)17-4-5(3-15)10(18)16-11(17)19/h1-2,4H,(H,16,18,19). The Kier molecular flexibility index (Phi) is 3.67. The van der Waals surface area contributed by atoms with E-state index in [1.54, 1.807) is 6.07 Å². The molecule has 0 unspecified atom stereocenters. The molecule has 1 heterocycles. The van der Waals surface area contributed by atoms with E-state index in [9.17, 15) is 9.59 Å². The maximum atomic E-state index is 11.7. The summed E-state index contributed by atoms with van der Waals surface area (Å²) in [6.07, 6.45) is 1.09. The fraction of sp³-hybridized carbons (Fsp3) is 0. The molecular formula is C11H4Cl3N3O2. The van der Waals surface area contributed by atoms with E-state index in [2.05, 4.69) is 0 Å². The van der Waals surface area contributed by atoms with Gasteiger partial charge >= 0.3 is 5.69 Å². The first-order valence-electron chi connectivity index (χ1n) is 4.85. The molecule has 0 saturated carbocycles. The molecule has 96 valence electrons. The molecule has 0 spiro atoms. The van der Waals surface area contributed by atoms with Crippen LogP contribution in [0.5, 0.6) is 0 Å². The Bertz CT molecular complexity index is 817. The molecule has 0 aliphatic heterocycles. The van der Waals surface area contributed by atoms with E-state index in [-0.39, 0.29) is 26.3 Å². The van der Waals surface area contributed by atoms with Crippen molar-refractivity contribution in [2.45, 2.75) is 0 Å². The lowest BCUT2D eigenvalue weighted by molar-refractivity contribution is 0.889. The van der Waals surface area contributed by atoms with E-state index in [0.29, 0.717) is 0 Å². The quantitative estimate of drug-likeness (QED) is 0.820. The first-order chi connectivity index (χ1) is 8.93. The average Bonchev–Trinajstić information content (AvgIpc) is 2.35. The van der Waals surface area contributed by atoms with Crippen LogP contribution in [-0.4, -0.2) is 9.55 Å².